The quantitative estimate of drug-likeness (QED) is 0.410. The standard InChI is InChI=1S/C24H21N5OS/c1-14-9-15(2)26-23(25-14)29-24-28-19(13-31-24)12-22(30)27-18-7-8-21-17(11-18)10-16-5-3-4-6-20(16)21/h3-9,11,13H,10,12H2,1-2H3,(H,27,30)(H,25,26,28,29). The van der Waals surface area contributed by atoms with Crippen LogP contribution in [0.2, 0.25) is 0 Å². The molecule has 0 spiro atoms. The van der Waals surface area contributed by atoms with Gasteiger partial charge < -0.3 is 10.6 Å². The topological polar surface area (TPSA) is 79.8 Å². The predicted molar refractivity (Wildman–Crippen MR) is 124 cm³/mol. The fourth-order valence-corrected chi connectivity index (χ4v) is 4.62. The molecule has 31 heavy (non-hydrogen) atoms. The van der Waals surface area contributed by atoms with Crippen LogP contribution in [0.4, 0.5) is 16.8 Å². The van der Waals surface area contributed by atoms with Crippen molar-refractivity contribution in [1.82, 2.24) is 15.0 Å². The van der Waals surface area contributed by atoms with E-state index in [0.717, 1.165) is 23.5 Å². The molecule has 0 saturated carbocycles. The molecule has 0 aliphatic heterocycles. The van der Waals surface area contributed by atoms with E-state index in [1.54, 1.807) is 0 Å². The van der Waals surface area contributed by atoms with Gasteiger partial charge in [0.2, 0.25) is 11.9 Å². The lowest BCUT2D eigenvalue weighted by Crippen LogP contribution is -2.14. The highest BCUT2D eigenvalue weighted by atomic mass is 32.1. The lowest BCUT2D eigenvalue weighted by molar-refractivity contribution is -0.115. The fraction of sp³-hybridized carbons (Fsp3) is 0.167. The van der Waals surface area contributed by atoms with Crippen LogP contribution in [0.3, 0.4) is 0 Å². The Labute approximate surface area is 184 Å². The molecular weight excluding hydrogens is 406 g/mol. The molecule has 154 valence electrons. The van der Waals surface area contributed by atoms with E-state index >= 15 is 0 Å². The SMILES string of the molecule is Cc1cc(C)nc(Nc2nc(CC(=O)Nc3ccc4c(c3)Cc3ccccc3-4)cs2)n1. The van der Waals surface area contributed by atoms with E-state index in [0.29, 0.717) is 16.8 Å². The zero-order valence-electron chi connectivity index (χ0n) is 17.3. The number of aromatic nitrogens is 3. The molecule has 0 saturated heterocycles. The van der Waals surface area contributed by atoms with Gasteiger partial charge >= 0.3 is 0 Å². The highest BCUT2D eigenvalue weighted by Gasteiger charge is 2.18. The number of nitrogens with zero attached hydrogens (tertiary/aromatic N) is 3. The summed E-state index contributed by atoms with van der Waals surface area (Å²) in [6, 6.07) is 16.5. The second kappa shape index (κ2) is 7.92. The first-order chi connectivity index (χ1) is 15.0. The number of aryl methyl sites for hydroxylation is 2. The first-order valence-corrected chi connectivity index (χ1v) is 11.0. The van der Waals surface area contributed by atoms with Gasteiger partial charge in [-0.3, -0.25) is 4.79 Å². The Balaban J connectivity index is 1.23. The Morgan fingerprint density at radius 2 is 1.74 bits per heavy atom. The number of rotatable bonds is 5. The van der Waals surface area contributed by atoms with Crippen LogP contribution in [-0.4, -0.2) is 20.9 Å². The number of hydrogen-bond donors (Lipinski definition) is 2. The largest absolute Gasteiger partial charge is 0.326 e. The fourth-order valence-electron chi connectivity index (χ4n) is 3.92. The van der Waals surface area contributed by atoms with Crippen molar-refractivity contribution in [3.63, 3.8) is 0 Å². The van der Waals surface area contributed by atoms with Gasteiger partial charge in [0.15, 0.2) is 5.13 Å². The van der Waals surface area contributed by atoms with E-state index < -0.39 is 0 Å². The summed E-state index contributed by atoms with van der Waals surface area (Å²) in [6.45, 7) is 3.85. The lowest BCUT2D eigenvalue weighted by atomic mass is 10.1. The third-order valence-electron chi connectivity index (χ3n) is 5.17. The van der Waals surface area contributed by atoms with E-state index in [4.69, 9.17) is 0 Å². The summed E-state index contributed by atoms with van der Waals surface area (Å²) < 4.78 is 0. The van der Waals surface area contributed by atoms with Crippen molar-refractivity contribution in [2.45, 2.75) is 26.7 Å². The molecule has 0 bridgehead atoms. The van der Waals surface area contributed by atoms with Crippen molar-refractivity contribution < 1.29 is 4.79 Å². The van der Waals surface area contributed by atoms with Gasteiger partial charge in [0.25, 0.3) is 0 Å². The van der Waals surface area contributed by atoms with Crippen LogP contribution >= 0.6 is 11.3 Å². The highest BCUT2D eigenvalue weighted by molar-refractivity contribution is 7.13. The molecule has 0 radical (unpaired) electrons. The number of carbonyl (C=O) groups is 1. The van der Waals surface area contributed by atoms with Crippen molar-refractivity contribution in [2.24, 2.45) is 0 Å². The molecule has 1 aliphatic rings. The van der Waals surface area contributed by atoms with Crippen molar-refractivity contribution in [1.29, 1.82) is 0 Å². The van der Waals surface area contributed by atoms with E-state index in [9.17, 15) is 4.79 Å². The van der Waals surface area contributed by atoms with Crippen LogP contribution in [0, 0.1) is 13.8 Å². The maximum absolute atomic E-state index is 12.6. The normalized spacial score (nSPS) is 11.7. The molecule has 6 nitrogen and oxygen atoms in total. The number of benzene rings is 2. The van der Waals surface area contributed by atoms with Crippen molar-refractivity contribution in [2.75, 3.05) is 10.6 Å². The smallest absolute Gasteiger partial charge is 0.230 e. The van der Waals surface area contributed by atoms with Crippen LogP contribution in [0.15, 0.2) is 53.9 Å². The molecule has 1 amide bonds. The van der Waals surface area contributed by atoms with E-state index in [1.807, 2.05) is 31.4 Å². The molecule has 2 N–H and O–H groups in total. The lowest BCUT2D eigenvalue weighted by Gasteiger charge is -2.07. The number of amides is 1. The molecule has 4 aromatic rings. The van der Waals surface area contributed by atoms with Crippen LogP contribution in [0.25, 0.3) is 11.1 Å². The molecule has 0 atom stereocenters. The second-order valence-corrected chi connectivity index (χ2v) is 8.53. The number of thiazole rings is 1. The molecule has 0 unspecified atom stereocenters. The molecule has 2 aromatic carbocycles. The summed E-state index contributed by atoms with van der Waals surface area (Å²) >= 11 is 1.43. The minimum atomic E-state index is -0.0880. The van der Waals surface area contributed by atoms with Gasteiger partial charge in [-0.1, -0.05) is 30.3 Å². The van der Waals surface area contributed by atoms with Gasteiger partial charge in [0.1, 0.15) is 0 Å². The van der Waals surface area contributed by atoms with Crippen LogP contribution < -0.4 is 10.6 Å². The van der Waals surface area contributed by atoms with Crippen molar-refractivity contribution in [3.8, 4) is 11.1 Å². The van der Waals surface area contributed by atoms with E-state index in [-0.39, 0.29) is 12.3 Å². The van der Waals surface area contributed by atoms with Crippen LogP contribution in [-0.2, 0) is 17.6 Å². The zero-order valence-corrected chi connectivity index (χ0v) is 18.1. The summed E-state index contributed by atoms with van der Waals surface area (Å²) in [6.07, 6.45) is 1.11. The number of fused-ring (bicyclic) bond motifs is 3. The molecule has 1 aliphatic carbocycles. The van der Waals surface area contributed by atoms with Crippen molar-refractivity contribution >= 4 is 34.0 Å². The first kappa shape index (κ1) is 19.4. The van der Waals surface area contributed by atoms with Gasteiger partial charge in [-0.25, -0.2) is 15.0 Å². The molecule has 2 heterocycles. The number of nitrogens with one attached hydrogen (secondary N) is 2. The average Bonchev–Trinajstić information content (AvgIpc) is 3.30. The Kier molecular flexibility index (Phi) is 4.95. The molecular formula is C24H21N5OS. The number of anilines is 3. The van der Waals surface area contributed by atoms with Crippen LogP contribution in [0.5, 0.6) is 0 Å². The summed E-state index contributed by atoms with van der Waals surface area (Å²) in [5.74, 6) is 0.428. The minimum Gasteiger partial charge on any atom is -0.326 e. The van der Waals surface area contributed by atoms with Gasteiger partial charge in [-0.2, -0.15) is 0 Å². The summed E-state index contributed by atoms with van der Waals surface area (Å²) in [5, 5.41) is 8.67. The van der Waals surface area contributed by atoms with Gasteiger partial charge in [-0.05, 0) is 60.7 Å². The highest BCUT2D eigenvalue weighted by Crippen LogP contribution is 2.37. The third kappa shape index (κ3) is 4.18. The molecule has 5 rings (SSSR count). The maximum atomic E-state index is 12.6. The predicted octanol–water partition coefficient (Wildman–Crippen LogP) is 5.05. The second-order valence-electron chi connectivity index (χ2n) is 7.67. The van der Waals surface area contributed by atoms with Gasteiger partial charge in [-0.15, -0.1) is 11.3 Å². The molecule has 0 fully saturated rings. The Hall–Kier alpha value is -3.58. The molecule has 2 aromatic heterocycles. The van der Waals surface area contributed by atoms with Crippen molar-refractivity contribution in [3.05, 3.63) is 82.1 Å². The monoisotopic (exact) mass is 427 g/mol. The molecule has 7 heteroatoms. The zero-order chi connectivity index (χ0) is 21.4. The third-order valence-corrected chi connectivity index (χ3v) is 5.98. The minimum absolute atomic E-state index is 0.0880. The Bertz CT molecular complexity index is 1280. The Morgan fingerprint density at radius 3 is 2.58 bits per heavy atom. The first-order valence-electron chi connectivity index (χ1n) is 10.1. The van der Waals surface area contributed by atoms with Crippen LogP contribution in [0.1, 0.15) is 28.2 Å². The van der Waals surface area contributed by atoms with Gasteiger partial charge in [0.05, 0.1) is 12.1 Å². The van der Waals surface area contributed by atoms with E-state index in [2.05, 4.69) is 62.0 Å². The summed E-state index contributed by atoms with van der Waals surface area (Å²) in [7, 11) is 0. The summed E-state index contributed by atoms with van der Waals surface area (Å²) in [4.78, 5) is 25.8. The maximum Gasteiger partial charge on any atom is 0.230 e. The average molecular weight is 428 g/mol. The van der Waals surface area contributed by atoms with Gasteiger partial charge in [0, 0.05) is 22.5 Å². The van der Waals surface area contributed by atoms with E-state index in [1.165, 1.54) is 33.6 Å². The number of hydrogen-bond acceptors (Lipinski definition) is 6. The summed E-state index contributed by atoms with van der Waals surface area (Å²) in [5.41, 5.74) is 8.41. The number of carbonyl (C=O) groups excluding carboxylic acids is 1. The Morgan fingerprint density at radius 1 is 0.968 bits per heavy atom.